The van der Waals surface area contributed by atoms with Gasteiger partial charge in [0, 0.05) is 12.6 Å². The van der Waals surface area contributed by atoms with E-state index >= 15 is 0 Å². The summed E-state index contributed by atoms with van der Waals surface area (Å²) < 4.78 is 50.3. The van der Waals surface area contributed by atoms with Crippen LogP contribution in [0, 0.1) is 6.92 Å². The highest BCUT2D eigenvalue weighted by atomic mass is 32.2. The minimum absolute atomic E-state index is 0.0406. The van der Waals surface area contributed by atoms with Gasteiger partial charge < -0.3 is 5.32 Å². The Morgan fingerprint density at radius 1 is 1.33 bits per heavy atom. The maximum Gasteiger partial charge on any atom is 0.241 e. The van der Waals surface area contributed by atoms with E-state index in [0.717, 1.165) is 5.56 Å². The third-order valence-corrected chi connectivity index (χ3v) is 6.91. The highest BCUT2D eigenvalue weighted by molar-refractivity contribution is 7.92. The Morgan fingerprint density at radius 3 is 2.62 bits per heavy atom. The van der Waals surface area contributed by atoms with Gasteiger partial charge in [-0.2, -0.15) is 0 Å². The molecule has 1 aliphatic rings. The Labute approximate surface area is 125 Å². The fourth-order valence-corrected chi connectivity index (χ4v) is 5.76. The average Bonchev–Trinajstić information content (AvgIpc) is 2.70. The normalized spacial score (nSPS) is 21.5. The third-order valence-electron chi connectivity index (χ3n) is 3.48. The molecule has 1 unspecified atom stereocenters. The molecule has 2 rings (SSSR count). The number of sulfonamides is 1. The average molecular weight is 332 g/mol. The molecule has 1 heterocycles. The van der Waals surface area contributed by atoms with Gasteiger partial charge in [-0.3, -0.25) is 0 Å². The van der Waals surface area contributed by atoms with Crippen molar-refractivity contribution in [3.63, 3.8) is 0 Å². The molecule has 1 aliphatic heterocycles. The highest BCUT2D eigenvalue weighted by Gasteiger charge is 2.31. The Balaban J connectivity index is 2.25. The number of rotatable bonds is 5. The molecule has 0 aliphatic carbocycles. The number of aryl methyl sites for hydroxylation is 1. The van der Waals surface area contributed by atoms with Crippen LogP contribution in [0.2, 0.25) is 0 Å². The molecule has 118 valence electrons. The standard InChI is InChI=1S/C13H20N2O4S2/c1-10-3-4-11(8-14-2)7-13(10)21(18,19)15-12-5-6-20(16,17)9-12/h3-4,7,12,14-15H,5-6,8-9H2,1-2H3. The molecule has 0 aromatic heterocycles. The van der Waals surface area contributed by atoms with Crippen LogP contribution >= 0.6 is 0 Å². The van der Waals surface area contributed by atoms with Gasteiger partial charge in [-0.05, 0) is 37.6 Å². The van der Waals surface area contributed by atoms with E-state index in [9.17, 15) is 16.8 Å². The van der Waals surface area contributed by atoms with Gasteiger partial charge in [-0.15, -0.1) is 0 Å². The van der Waals surface area contributed by atoms with Crippen LogP contribution in [-0.2, 0) is 26.4 Å². The number of benzene rings is 1. The third kappa shape index (κ3) is 4.03. The maximum atomic E-state index is 12.5. The zero-order valence-corrected chi connectivity index (χ0v) is 13.7. The van der Waals surface area contributed by atoms with Gasteiger partial charge in [-0.25, -0.2) is 21.6 Å². The summed E-state index contributed by atoms with van der Waals surface area (Å²) in [5, 5.41) is 2.97. The smallest absolute Gasteiger partial charge is 0.241 e. The lowest BCUT2D eigenvalue weighted by Crippen LogP contribution is -2.36. The van der Waals surface area contributed by atoms with Gasteiger partial charge in [0.1, 0.15) is 0 Å². The van der Waals surface area contributed by atoms with E-state index in [-0.39, 0.29) is 16.4 Å². The maximum absolute atomic E-state index is 12.5. The van der Waals surface area contributed by atoms with Crippen LogP contribution in [0.4, 0.5) is 0 Å². The van der Waals surface area contributed by atoms with Gasteiger partial charge in [0.25, 0.3) is 0 Å². The van der Waals surface area contributed by atoms with Crippen LogP contribution in [0.5, 0.6) is 0 Å². The first-order valence-corrected chi connectivity index (χ1v) is 10.0. The van der Waals surface area contributed by atoms with Crippen LogP contribution in [0.25, 0.3) is 0 Å². The predicted octanol–water partition coefficient (Wildman–Crippen LogP) is 0.180. The molecule has 0 bridgehead atoms. The fraction of sp³-hybridized carbons (Fsp3) is 0.538. The lowest BCUT2D eigenvalue weighted by molar-refractivity contribution is 0.561. The largest absolute Gasteiger partial charge is 0.316 e. The van der Waals surface area contributed by atoms with Gasteiger partial charge in [0.05, 0.1) is 16.4 Å². The van der Waals surface area contributed by atoms with Crippen LogP contribution < -0.4 is 10.0 Å². The van der Waals surface area contributed by atoms with Crippen molar-refractivity contribution < 1.29 is 16.8 Å². The summed E-state index contributed by atoms with van der Waals surface area (Å²) in [6.45, 7) is 2.30. The second kappa shape index (κ2) is 6.04. The Hall–Kier alpha value is -0.960. The van der Waals surface area contributed by atoms with Crippen LogP contribution in [0.1, 0.15) is 17.5 Å². The molecule has 0 spiro atoms. The molecular formula is C13H20N2O4S2. The molecular weight excluding hydrogens is 312 g/mol. The van der Waals surface area contributed by atoms with E-state index in [1.54, 1.807) is 26.1 Å². The van der Waals surface area contributed by atoms with Crippen LogP contribution in [-0.4, -0.2) is 41.4 Å². The number of nitrogens with one attached hydrogen (secondary N) is 2. The summed E-state index contributed by atoms with van der Waals surface area (Å²) in [6, 6.07) is 4.71. The second-order valence-electron chi connectivity index (χ2n) is 5.35. The molecule has 1 aromatic rings. The number of sulfone groups is 1. The Morgan fingerprint density at radius 2 is 2.05 bits per heavy atom. The van der Waals surface area contributed by atoms with Crippen molar-refractivity contribution in [1.82, 2.24) is 10.0 Å². The Kier molecular flexibility index (Phi) is 4.72. The summed E-state index contributed by atoms with van der Waals surface area (Å²) in [6.07, 6.45) is 0.330. The van der Waals surface area contributed by atoms with Crippen LogP contribution in [0.3, 0.4) is 0 Å². The number of hydrogen-bond donors (Lipinski definition) is 2. The molecule has 6 nitrogen and oxygen atoms in total. The summed E-state index contributed by atoms with van der Waals surface area (Å²) in [7, 11) is -5.03. The minimum atomic E-state index is -3.71. The van der Waals surface area contributed by atoms with Crippen molar-refractivity contribution in [3.05, 3.63) is 29.3 Å². The second-order valence-corrected chi connectivity index (χ2v) is 9.26. The van der Waals surface area contributed by atoms with Gasteiger partial charge >= 0.3 is 0 Å². The molecule has 2 N–H and O–H groups in total. The molecule has 1 aromatic carbocycles. The topological polar surface area (TPSA) is 92.3 Å². The zero-order valence-electron chi connectivity index (χ0n) is 12.1. The lowest BCUT2D eigenvalue weighted by Gasteiger charge is -2.14. The van der Waals surface area contributed by atoms with Crippen molar-refractivity contribution in [2.24, 2.45) is 0 Å². The van der Waals surface area contributed by atoms with Gasteiger partial charge in [-0.1, -0.05) is 12.1 Å². The predicted molar refractivity (Wildman–Crippen MR) is 81.3 cm³/mol. The quantitative estimate of drug-likeness (QED) is 0.802. The first kappa shape index (κ1) is 16.4. The molecule has 0 amide bonds. The van der Waals surface area contributed by atoms with E-state index in [0.29, 0.717) is 18.5 Å². The van der Waals surface area contributed by atoms with E-state index in [1.165, 1.54) is 0 Å². The number of hydrogen-bond acceptors (Lipinski definition) is 5. The van der Waals surface area contributed by atoms with Crippen molar-refractivity contribution in [3.8, 4) is 0 Å². The first-order chi connectivity index (χ1) is 9.73. The molecule has 0 saturated carbocycles. The molecule has 1 atom stereocenters. The fourth-order valence-electron chi connectivity index (χ4n) is 2.42. The van der Waals surface area contributed by atoms with Crippen molar-refractivity contribution in [2.75, 3.05) is 18.6 Å². The van der Waals surface area contributed by atoms with Crippen molar-refractivity contribution in [1.29, 1.82) is 0 Å². The zero-order chi connectivity index (χ0) is 15.7. The van der Waals surface area contributed by atoms with E-state index in [2.05, 4.69) is 10.0 Å². The Bertz CT molecular complexity index is 727. The minimum Gasteiger partial charge on any atom is -0.316 e. The summed E-state index contributed by atoms with van der Waals surface area (Å²) in [5.74, 6) is -0.0829. The summed E-state index contributed by atoms with van der Waals surface area (Å²) >= 11 is 0. The summed E-state index contributed by atoms with van der Waals surface area (Å²) in [5.41, 5.74) is 1.51. The van der Waals surface area contributed by atoms with E-state index in [1.807, 2.05) is 6.07 Å². The summed E-state index contributed by atoms with van der Waals surface area (Å²) in [4.78, 5) is 0.208. The SMILES string of the molecule is CNCc1ccc(C)c(S(=O)(=O)NC2CCS(=O)(=O)C2)c1. The van der Waals surface area contributed by atoms with Crippen LogP contribution in [0.15, 0.2) is 23.1 Å². The first-order valence-electron chi connectivity index (χ1n) is 6.70. The lowest BCUT2D eigenvalue weighted by atomic mass is 10.1. The van der Waals surface area contributed by atoms with Crippen molar-refractivity contribution in [2.45, 2.75) is 30.8 Å². The molecule has 8 heteroatoms. The molecule has 21 heavy (non-hydrogen) atoms. The highest BCUT2D eigenvalue weighted by Crippen LogP contribution is 2.20. The van der Waals surface area contributed by atoms with E-state index < -0.39 is 25.9 Å². The van der Waals surface area contributed by atoms with Gasteiger partial charge in [0.15, 0.2) is 9.84 Å². The van der Waals surface area contributed by atoms with E-state index in [4.69, 9.17) is 0 Å². The molecule has 0 radical (unpaired) electrons. The molecule has 1 saturated heterocycles. The monoisotopic (exact) mass is 332 g/mol. The van der Waals surface area contributed by atoms with Gasteiger partial charge in [0.2, 0.25) is 10.0 Å². The molecule has 1 fully saturated rings. The van der Waals surface area contributed by atoms with Crippen molar-refractivity contribution >= 4 is 19.9 Å².